The second-order valence-corrected chi connectivity index (χ2v) is 3.52. The number of nitrogens with one attached hydrogen (secondary N) is 1. The monoisotopic (exact) mass is 187 g/mol. The van der Waals surface area contributed by atoms with Crippen LogP contribution in [0.3, 0.4) is 0 Å². The first kappa shape index (κ1) is 12.4. The van der Waals surface area contributed by atoms with Crippen molar-refractivity contribution in [2.45, 2.75) is 38.6 Å². The van der Waals surface area contributed by atoms with Crippen LogP contribution in [-0.2, 0) is 4.79 Å². The van der Waals surface area contributed by atoms with E-state index in [0.717, 1.165) is 12.8 Å². The van der Waals surface area contributed by atoms with E-state index in [1.54, 1.807) is 6.92 Å². The maximum Gasteiger partial charge on any atom is 0.239 e. The second kappa shape index (κ2) is 5.94. The highest BCUT2D eigenvalue weighted by atomic mass is 16.2. The van der Waals surface area contributed by atoms with E-state index in [-0.39, 0.29) is 5.91 Å². The van der Waals surface area contributed by atoms with E-state index >= 15 is 0 Å². The molecule has 0 heterocycles. The summed E-state index contributed by atoms with van der Waals surface area (Å²) in [4.78, 5) is 11.4. The van der Waals surface area contributed by atoms with Crippen molar-refractivity contribution in [2.75, 3.05) is 13.1 Å². The first-order chi connectivity index (χ1) is 6.04. The summed E-state index contributed by atoms with van der Waals surface area (Å²) in [6, 6.07) is 0. The molecule has 13 heavy (non-hydrogen) atoms. The van der Waals surface area contributed by atoms with Crippen LogP contribution in [0.5, 0.6) is 0 Å². The summed E-state index contributed by atoms with van der Waals surface area (Å²) in [5.41, 5.74) is 10.3. The minimum Gasteiger partial charge on any atom is -0.355 e. The van der Waals surface area contributed by atoms with E-state index in [9.17, 15) is 4.79 Å². The Morgan fingerprint density at radius 2 is 2.08 bits per heavy atom. The average Bonchev–Trinajstić information content (AvgIpc) is 2.12. The third-order valence-electron chi connectivity index (χ3n) is 2.17. The minimum absolute atomic E-state index is 0.0768. The fourth-order valence-electron chi connectivity index (χ4n) is 0.834. The lowest BCUT2D eigenvalue weighted by molar-refractivity contribution is -0.125. The summed E-state index contributed by atoms with van der Waals surface area (Å²) in [5.74, 6) is -0.0768. The van der Waals surface area contributed by atoms with Crippen LogP contribution in [0.4, 0.5) is 0 Å². The molecule has 0 rings (SSSR count). The quantitative estimate of drug-likeness (QED) is 0.511. The molecule has 0 saturated heterocycles. The lowest BCUT2D eigenvalue weighted by Crippen LogP contribution is -2.51. The van der Waals surface area contributed by atoms with Gasteiger partial charge >= 0.3 is 0 Å². The van der Waals surface area contributed by atoms with Gasteiger partial charge in [0.05, 0.1) is 5.54 Å². The van der Waals surface area contributed by atoms with Crippen LogP contribution < -0.4 is 16.8 Å². The number of nitrogens with two attached hydrogens (primary N) is 2. The predicted molar refractivity (Wildman–Crippen MR) is 54.2 cm³/mol. The molecule has 0 bridgehead atoms. The highest BCUT2D eigenvalue weighted by Gasteiger charge is 2.24. The lowest BCUT2D eigenvalue weighted by atomic mass is 9.99. The normalized spacial score (nSPS) is 15.1. The van der Waals surface area contributed by atoms with Crippen molar-refractivity contribution in [3.63, 3.8) is 0 Å². The fourth-order valence-corrected chi connectivity index (χ4v) is 0.834. The number of carbonyl (C=O) groups excluding carboxylic acids is 1. The Kier molecular flexibility index (Phi) is 5.66. The maximum absolute atomic E-state index is 11.4. The summed E-state index contributed by atoms with van der Waals surface area (Å²) >= 11 is 0. The van der Waals surface area contributed by atoms with Crippen molar-refractivity contribution >= 4 is 5.91 Å². The summed E-state index contributed by atoms with van der Waals surface area (Å²) in [6.45, 7) is 4.98. The van der Waals surface area contributed by atoms with Gasteiger partial charge in [-0.05, 0) is 32.7 Å². The average molecular weight is 187 g/mol. The van der Waals surface area contributed by atoms with Gasteiger partial charge in [-0.3, -0.25) is 4.79 Å². The Hall–Kier alpha value is -0.610. The van der Waals surface area contributed by atoms with Crippen LogP contribution in [0.2, 0.25) is 0 Å². The Labute approximate surface area is 80.0 Å². The molecular formula is C9H21N3O. The molecule has 5 N–H and O–H groups in total. The number of unbranched alkanes of at least 4 members (excludes halogenated alkanes) is 1. The van der Waals surface area contributed by atoms with Crippen molar-refractivity contribution in [3.8, 4) is 0 Å². The zero-order valence-corrected chi connectivity index (χ0v) is 8.60. The molecule has 0 aliphatic rings. The fraction of sp³-hybridized carbons (Fsp3) is 0.889. The molecule has 0 aromatic heterocycles. The number of amides is 1. The van der Waals surface area contributed by atoms with Gasteiger partial charge in [0.15, 0.2) is 0 Å². The van der Waals surface area contributed by atoms with Gasteiger partial charge in [0.25, 0.3) is 0 Å². The lowest BCUT2D eigenvalue weighted by Gasteiger charge is -2.21. The van der Waals surface area contributed by atoms with E-state index in [2.05, 4.69) is 5.32 Å². The van der Waals surface area contributed by atoms with Crippen molar-refractivity contribution in [1.82, 2.24) is 5.32 Å². The predicted octanol–water partition coefficient (Wildman–Crippen LogP) is -0.0311. The molecule has 0 aliphatic carbocycles. The topological polar surface area (TPSA) is 81.1 Å². The highest BCUT2D eigenvalue weighted by Crippen LogP contribution is 2.03. The highest BCUT2D eigenvalue weighted by molar-refractivity contribution is 5.85. The summed E-state index contributed by atoms with van der Waals surface area (Å²) < 4.78 is 0. The number of rotatable bonds is 6. The third kappa shape index (κ3) is 4.85. The molecule has 1 atom stereocenters. The smallest absolute Gasteiger partial charge is 0.239 e. The number of hydrogen-bond acceptors (Lipinski definition) is 3. The third-order valence-corrected chi connectivity index (χ3v) is 2.17. The summed E-state index contributed by atoms with van der Waals surface area (Å²) in [6.07, 6.45) is 2.51. The van der Waals surface area contributed by atoms with Gasteiger partial charge in [0.2, 0.25) is 5.91 Å². The first-order valence-corrected chi connectivity index (χ1v) is 4.82. The van der Waals surface area contributed by atoms with E-state index in [1.165, 1.54) is 0 Å². The molecule has 0 aromatic carbocycles. The van der Waals surface area contributed by atoms with Gasteiger partial charge < -0.3 is 16.8 Å². The Morgan fingerprint density at radius 3 is 2.54 bits per heavy atom. The molecule has 0 fully saturated rings. The van der Waals surface area contributed by atoms with Crippen molar-refractivity contribution < 1.29 is 4.79 Å². The maximum atomic E-state index is 11.4. The molecular weight excluding hydrogens is 166 g/mol. The molecule has 0 saturated carbocycles. The van der Waals surface area contributed by atoms with Crippen molar-refractivity contribution in [1.29, 1.82) is 0 Å². The molecule has 0 spiro atoms. The SMILES string of the molecule is CCC(C)(N)C(=O)NCCCCN. The largest absolute Gasteiger partial charge is 0.355 e. The molecule has 1 unspecified atom stereocenters. The molecule has 78 valence electrons. The number of carbonyl (C=O) groups is 1. The summed E-state index contributed by atoms with van der Waals surface area (Å²) in [7, 11) is 0. The zero-order valence-electron chi connectivity index (χ0n) is 8.60. The van der Waals surface area contributed by atoms with Gasteiger partial charge in [-0.1, -0.05) is 6.92 Å². The van der Waals surface area contributed by atoms with Gasteiger partial charge in [0.1, 0.15) is 0 Å². The van der Waals surface area contributed by atoms with Crippen LogP contribution >= 0.6 is 0 Å². The van der Waals surface area contributed by atoms with Crippen LogP contribution in [0.15, 0.2) is 0 Å². The van der Waals surface area contributed by atoms with Gasteiger partial charge in [-0.2, -0.15) is 0 Å². The molecule has 1 amide bonds. The number of hydrogen-bond donors (Lipinski definition) is 3. The van der Waals surface area contributed by atoms with Crippen LogP contribution in [0.25, 0.3) is 0 Å². The Bertz CT molecular complexity index is 157. The van der Waals surface area contributed by atoms with Gasteiger partial charge in [-0.25, -0.2) is 0 Å². The van der Waals surface area contributed by atoms with Crippen LogP contribution in [-0.4, -0.2) is 24.5 Å². The van der Waals surface area contributed by atoms with Crippen LogP contribution in [0.1, 0.15) is 33.1 Å². The van der Waals surface area contributed by atoms with E-state index in [4.69, 9.17) is 11.5 Å². The summed E-state index contributed by atoms with van der Waals surface area (Å²) in [5, 5.41) is 2.79. The second-order valence-electron chi connectivity index (χ2n) is 3.52. The van der Waals surface area contributed by atoms with Gasteiger partial charge in [0, 0.05) is 6.54 Å². The van der Waals surface area contributed by atoms with Crippen molar-refractivity contribution in [3.05, 3.63) is 0 Å². The Balaban J connectivity index is 3.62. The Morgan fingerprint density at radius 1 is 1.46 bits per heavy atom. The van der Waals surface area contributed by atoms with Crippen molar-refractivity contribution in [2.24, 2.45) is 11.5 Å². The van der Waals surface area contributed by atoms with E-state index < -0.39 is 5.54 Å². The van der Waals surface area contributed by atoms with Crippen LogP contribution in [0, 0.1) is 0 Å². The molecule has 0 radical (unpaired) electrons. The van der Waals surface area contributed by atoms with Gasteiger partial charge in [-0.15, -0.1) is 0 Å². The minimum atomic E-state index is -0.733. The van der Waals surface area contributed by atoms with E-state index in [0.29, 0.717) is 19.5 Å². The first-order valence-electron chi connectivity index (χ1n) is 4.82. The molecule has 0 aliphatic heterocycles. The molecule has 4 heteroatoms. The molecule has 4 nitrogen and oxygen atoms in total. The molecule has 0 aromatic rings. The standard InChI is InChI=1S/C9H21N3O/c1-3-9(2,11)8(13)12-7-5-4-6-10/h3-7,10-11H2,1-2H3,(H,12,13). The van der Waals surface area contributed by atoms with E-state index in [1.807, 2.05) is 6.92 Å². The zero-order chi connectivity index (χ0) is 10.3.